The third-order valence-corrected chi connectivity index (χ3v) is 5.66. The van der Waals surface area contributed by atoms with Gasteiger partial charge in [0.05, 0.1) is 17.5 Å². The molecule has 0 atom stereocenters. The third kappa shape index (κ3) is 4.67. The van der Waals surface area contributed by atoms with Crippen molar-refractivity contribution in [3.05, 3.63) is 65.5 Å². The Labute approximate surface area is 203 Å². The second-order valence-corrected chi connectivity index (χ2v) is 8.57. The average molecular weight is 474 g/mol. The molecule has 0 radical (unpaired) electrons. The number of hydrogen-bond donors (Lipinski definition) is 1. The number of nitrogens with one attached hydrogen (secondary N) is 1. The smallest absolute Gasteiger partial charge is 0.268 e. The monoisotopic (exact) mass is 473 g/mol. The highest BCUT2D eigenvalue weighted by Crippen LogP contribution is 2.42. The molecular formula is C26H27N5O4. The number of carbonyl (C=O) groups is 1. The first-order valence-electron chi connectivity index (χ1n) is 11.7. The molecule has 1 aliphatic rings. The number of aromatic nitrogens is 4. The lowest BCUT2D eigenvalue weighted by atomic mass is 10.0. The zero-order valence-electron chi connectivity index (χ0n) is 19.9. The lowest BCUT2D eigenvalue weighted by Crippen LogP contribution is -2.25. The first kappa shape index (κ1) is 22.8. The highest BCUT2D eigenvalue weighted by molar-refractivity contribution is 5.94. The SMILES string of the molecule is Cc1nnc(-c2nn(-c3ccc(C(=O)NCCCOC(C)C)cc3)c3c2COc2ccccc2-3)o1. The maximum absolute atomic E-state index is 12.6. The Balaban J connectivity index is 1.43. The minimum absolute atomic E-state index is 0.121. The molecule has 0 saturated carbocycles. The molecular weight excluding hydrogens is 446 g/mol. The Morgan fingerprint density at radius 1 is 1.14 bits per heavy atom. The van der Waals surface area contributed by atoms with Crippen LogP contribution in [0.2, 0.25) is 0 Å². The lowest BCUT2D eigenvalue weighted by molar-refractivity contribution is 0.0757. The molecule has 3 heterocycles. The second kappa shape index (κ2) is 9.71. The minimum Gasteiger partial charge on any atom is -0.488 e. The van der Waals surface area contributed by atoms with Crippen LogP contribution in [-0.2, 0) is 11.3 Å². The molecule has 0 aliphatic carbocycles. The van der Waals surface area contributed by atoms with Gasteiger partial charge < -0.3 is 19.2 Å². The maximum atomic E-state index is 12.6. The minimum atomic E-state index is -0.121. The van der Waals surface area contributed by atoms with Crippen molar-refractivity contribution in [1.82, 2.24) is 25.3 Å². The summed E-state index contributed by atoms with van der Waals surface area (Å²) in [6.07, 6.45) is 0.954. The van der Waals surface area contributed by atoms with Gasteiger partial charge in [-0.2, -0.15) is 5.10 Å². The number of aryl methyl sites for hydroxylation is 1. The van der Waals surface area contributed by atoms with Crippen molar-refractivity contribution in [2.45, 2.75) is 39.9 Å². The summed E-state index contributed by atoms with van der Waals surface area (Å²) in [5.41, 5.74) is 4.67. The van der Waals surface area contributed by atoms with Gasteiger partial charge in [0.15, 0.2) is 5.69 Å². The van der Waals surface area contributed by atoms with Crippen molar-refractivity contribution in [1.29, 1.82) is 0 Å². The summed E-state index contributed by atoms with van der Waals surface area (Å²) in [5, 5.41) is 15.9. The van der Waals surface area contributed by atoms with Gasteiger partial charge in [0.1, 0.15) is 12.4 Å². The number of nitrogens with zero attached hydrogens (tertiary/aromatic N) is 4. The van der Waals surface area contributed by atoms with Crippen molar-refractivity contribution in [3.63, 3.8) is 0 Å². The number of benzene rings is 2. The van der Waals surface area contributed by atoms with Gasteiger partial charge in [0.25, 0.3) is 11.8 Å². The lowest BCUT2D eigenvalue weighted by Gasteiger charge is -2.19. The van der Waals surface area contributed by atoms with Crippen LogP contribution in [-0.4, -0.2) is 45.1 Å². The van der Waals surface area contributed by atoms with Crippen LogP contribution in [0.4, 0.5) is 0 Å². The number of carbonyl (C=O) groups excluding carboxylic acids is 1. The Kier molecular flexibility index (Phi) is 6.33. The van der Waals surface area contributed by atoms with Gasteiger partial charge in [-0.15, -0.1) is 10.2 Å². The van der Waals surface area contributed by atoms with Gasteiger partial charge in [0, 0.05) is 36.8 Å². The summed E-state index contributed by atoms with van der Waals surface area (Å²) < 4.78 is 19.0. The van der Waals surface area contributed by atoms with Gasteiger partial charge in [-0.25, -0.2) is 4.68 Å². The van der Waals surface area contributed by atoms with E-state index >= 15 is 0 Å². The van der Waals surface area contributed by atoms with Crippen molar-refractivity contribution in [2.75, 3.05) is 13.2 Å². The molecule has 0 bridgehead atoms. The van der Waals surface area contributed by atoms with E-state index < -0.39 is 0 Å². The van der Waals surface area contributed by atoms with Crippen LogP contribution >= 0.6 is 0 Å². The quantitative estimate of drug-likeness (QED) is 0.380. The zero-order valence-corrected chi connectivity index (χ0v) is 19.9. The molecule has 9 nitrogen and oxygen atoms in total. The molecule has 180 valence electrons. The molecule has 1 amide bonds. The number of rotatable bonds is 8. The van der Waals surface area contributed by atoms with Gasteiger partial charge in [-0.3, -0.25) is 4.79 Å². The molecule has 2 aromatic carbocycles. The number of amides is 1. The van der Waals surface area contributed by atoms with E-state index in [2.05, 4.69) is 15.5 Å². The highest BCUT2D eigenvalue weighted by Gasteiger charge is 2.29. The predicted molar refractivity (Wildman–Crippen MR) is 129 cm³/mol. The summed E-state index contributed by atoms with van der Waals surface area (Å²) in [4.78, 5) is 12.6. The Hall–Kier alpha value is -3.98. The summed E-state index contributed by atoms with van der Waals surface area (Å²) in [6, 6.07) is 15.2. The molecule has 2 aromatic heterocycles. The molecule has 9 heteroatoms. The van der Waals surface area contributed by atoms with Crippen LogP contribution in [0.1, 0.15) is 42.1 Å². The molecule has 0 spiro atoms. The predicted octanol–water partition coefficient (Wildman–Crippen LogP) is 4.34. The Bertz CT molecular complexity index is 1340. The van der Waals surface area contributed by atoms with Crippen molar-refractivity contribution < 1.29 is 18.7 Å². The van der Waals surface area contributed by atoms with E-state index in [1.54, 1.807) is 19.1 Å². The fraction of sp³-hybridized carbons (Fsp3) is 0.308. The van der Waals surface area contributed by atoms with E-state index in [4.69, 9.17) is 19.0 Å². The fourth-order valence-corrected chi connectivity index (χ4v) is 4.00. The number of ether oxygens (including phenoxy) is 2. The number of hydrogen-bond acceptors (Lipinski definition) is 7. The third-order valence-electron chi connectivity index (χ3n) is 5.66. The molecule has 1 N–H and O–H groups in total. The van der Waals surface area contributed by atoms with Crippen LogP contribution in [0.5, 0.6) is 5.75 Å². The maximum Gasteiger partial charge on any atom is 0.268 e. The number of para-hydroxylation sites is 1. The van der Waals surface area contributed by atoms with Crippen molar-refractivity contribution in [3.8, 4) is 34.3 Å². The molecule has 1 aliphatic heterocycles. The molecule has 0 fully saturated rings. The first-order valence-corrected chi connectivity index (χ1v) is 11.7. The van der Waals surface area contributed by atoms with E-state index in [-0.39, 0.29) is 12.0 Å². The van der Waals surface area contributed by atoms with Crippen molar-refractivity contribution in [2.24, 2.45) is 0 Å². The van der Waals surface area contributed by atoms with Crippen LogP contribution < -0.4 is 10.1 Å². The van der Waals surface area contributed by atoms with E-state index in [0.29, 0.717) is 42.8 Å². The van der Waals surface area contributed by atoms with Crippen LogP contribution in [0.25, 0.3) is 28.5 Å². The Morgan fingerprint density at radius 3 is 2.69 bits per heavy atom. The largest absolute Gasteiger partial charge is 0.488 e. The molecule has 0 saturated heterocycles. The Morgan fingerprint density at radius 2 is 1.94 bits per heavy atom. The van der Waals surface area contributed by atoms with E-state index in [9.17, 15) is 4.79 Å². The summed E-state index contributed by atoms with van der Waals surface area (Å²) in [7, 11) is 0. The molecule has 5 rings (SSSR count). The second-order valence-electron chi connectivity index (χ2n) is 8.57. The van der Waals surface area contributed by atoms with Crippen LogP contribution in [0.15, 0.2) is 52.9 Å². The van der Waals surface area contributed by atoms with Gasteiger partial charge in [-0.1, -0.05) is 12.1 Å². The van der Waals surface area contributed by atoms with Crippen LogP contribution in [0.3, 0.4) is 0 Å². The molecule has 0 unspecified atom stereocenters. The van der Waals surface area contributed by atoms with E-state index in [0.717, 1.165) is 34.7 Å². The van der Waals surface area contributed by atoms with Gasteiger partial charge in [-0.05, 0) is 56.7 Å². The topological polar surface area (TPSA) is 104 Å². The summed E-state index contributed by atoms with van der Waals surface area (Å²) in [6.45, 7) is 7.25. The normalized spacial score (nSPS) is 12.2. The zero-order chi connectivity index (χ0) is 24.4. The number of fused-ring (bicyclic) bond motifs is 3. The first-order chi connectivity index (χ1) is 17.0. The van der Waals surface area contributed by atoms with E-state index in [1.165, 1.54) is 0 Å². The van der Waals surface area contributed by atoms with Gasteiger partial charge in [0.2, 0.25) is 5.89 Å². The standard InChI is InChI=1S/C26H27N5O4/c1-16(2)33-14-6-13-27-25(32)18-9-11-19(12-10-18)31-24-20-7-4-5-8-22(20)34-15-21(24)23(30-31)26-29-28-17(3)35-26/h4-5,7-12,16H,6,13-15H2,1-3H3,(H,27,32). The summed E-state index contributed by atoms with van der Waals surface area (Å²) >= 11 is 0. The summed E-state index contributed by atoms with van der Waals surface area (Å²) in [5.74, 6) is 1.47. The van der Waals surface area contributed by atoms with Crippen LogP contribution in [0, 0.1) is 6.92 Å². The van der Waals surface area contributed by atoms with Crippen molar-refractivity contribution >= 4 is 5.91 Å². The van der Waals surface area contributed by atoms with E-state index in [1.807, 2.05) is 54.9 Å². The molecule has 35 heavy (non-hydrogen) atoms. The van der Waals surface area contributed by atoms with Gasteiger partial charge >= 0.3 is 0 Å². The average Bonchev–Trinajstić information content (AvgIpc) is 3.47. The fourth-order valence-electron chi connectivity index (χ4n) is 4.00. The molecule has 4 aromatic rings. The highest BCUT2D eigenvalue weighted by atomic mass is 16.5.